The Morgan fingerprint density at radius 1 is 1.38 bits per heavy atom. The highest BCUT2D eigenvalue weighted by atomic mass is 14.8. The molecule has 0 atom stereocenters. The Labute approximate surface area is 77.3 Å². The molecule has 2 rings (SSSR count). The molecule has 0 radical (unpaired) electrons. The molecule has 0 aromatic carbocycles. The van der Waals surface area contributed by atoms with E-state index >= 15 is 0 Å². The Bertz CT molecular complexity index is 452. The lowest BCUT2D eigenvalue weighted by Gasteiger charge is -1.92. The molecule has 0 saturated heterocycles. The average molecular weight is 172 g/mol. The lowest BCUT2D eigenvalue weighted by Crippen LogP contribution is -1.80. The molecule has 2 heteroatoms. The van der Waals surface area contributed by atoms with Crippen LogP contribution < -0.4 is 0 Å². The molecule has 13 heavy (non-hydrogen) atoms. The van der Waals surface area contributed by atoms with Crippen molar-refractivity contribution in [2.75, 3.05) is 0 Å². The Kier molecular flexibility index (Phi) is 1.89. The molecule has 2 nitrogen and oxygen atoms in total. The first-order chi connectivity index (χ1) is 6.31. The summed E-state index contributed by atoms with van der Waals surface area (Å²) in [5.41, 5.74) is 3.21. The number of aromatic nitrogens is 2. The van der Waals surface area contributed by atoms with E-state index in [1.165, 1.54) is 10.9 Å². The van der Waals surface area contributed by atoms with Crippen LogP contribution in [0.15, 0.2) is 24.4 Å². The van der Waals surface area contributed by atoms with Gasteiger partial charge >= 0.3 is 0 Å². The monoisotopic (exact) mass is 172 g/mol. The number of allylic oxidation sites excluding steroid dienone is 1. The Morgan fingerprint density at radius 2 is 2.23 bits per heavy atom. The number of H-pyrrole nitrogens is 1. The van der Waals surface area contributed by atoms with Crippen molar-refractivity contribution in [3.8, 4) is 0 Å². The zero-order valence-corrected chi connectivity index (χ0v) is 7.83. The van der Waals surface area contributed by atoms with Gasteiger partial charge in [-0.15, -0.1) is 0 Å². The summed E-state index contributed by atoms with van der Waals surface area (Å²) in [7, 11) is 0. The van der Waals surface area contributed by atoms with Crippen LogP contribution in [0.25, 0.3) is 17.1 Å². The standard InChI is InChI=1S/C11H12N2/c1-3-4-9-7-12-11-10(9)6-5-8(2)13-11/h3-7H,1-2H3,(H,12,13)/b4-3+. The van der Waals surface area contributed by atoms with Gasteiger partial charge in [-0.2, -0.15) is 0 Å². The van der Waals surface area contributed by atoms with Crippen molar-refractivity contribution in [3.05, 3.63) is 35.7 Å². The zero-order chi connectivity index (χ0) is 9.26. The van der Waals surface area contributed by atoms with Crippen molar-refractivity contribution in [1.29, 1.82) is 0 Å². The van der Waals surface area contributed by atoms with E-state index in [0.29, 0.717) is 0 Å². The van der Waals surface area contributed by atoms with E-state index in [1.807, 2.05) is 32.2 Å². The maximum Gasteiger partial charge on any atom is 0.138 e. The molecule has 0 aliphatic heterocycles. The molecule has 2 heterocycles. The molecule has 2 aromatic heterocycles. The normalized spacial score (nSPS) is 11.5. The van der Waals surface area contributed by atoms with Gasteiger partial charge in [-0.25, -0.2) is 4.98 Å². The van der Waals surface area contributed by atoms with Crippen LogP contribution in [0, 0.1) is 6.92 Å². The molecule has 0 bridgehead atoms. The van der Waals surface area contributed by atoms with Crippen molar-refractivity contribution in [3.63, 3.8) is 0 Å². The summed E-state index contributed by atoms with van der Waals surface area (Å²) in [5, 5.41) is 1.18. The highest BCUT2D eigenvalue weighted by Crippen LogP contribution is 2.17. The first-order valence-electron chi connectivity index (χ1n) is 4.38. The van der Waals surface area contributed by atoms with Crippen molar-refractivity contribution in [2.24, 2.45) is 0 Å². The minimum atomic E-state index is 0.966. The lowest BCUT2D eigenvalue weighted by molar-refractivity contribution is 1.22. The number of rotatable bonds is 1. The highest BCUT2D eigenvalue weighted by molar-refractivity contribution is 5.86. The number of hydrogen-bond acceptors (Lipinski definition) is 1. The summed E-state index contributed by atoms with van der Waals surface area (Å²) in [4.78, 5) is 7.54. The van der Waals surface area contributed by atoms with Crippen LogP contribution >= 0.6 is 0 Å². The quantitative estimate of drug-likeness (QED) is 0.704. The maximum atomic E-state index is 4.39. The first kappa shape index (κ1) is 8.05. The molecule has 0 spiro atoms. The van der Waals surface area contributed by atoms with E-state index in [9.17, 15) is 0 Å². The van der Waals surface area contributed by atoms with Gasteiger partial charge < -0.3 is 4.98 Å². The summed E-state index contributed by atoms with van der Waals surface area (Å²) < 4.78 is 0. The predicted molar refractivity (Wildman–Crippen MR) is 55.5 cm³/mol. The second-order valence-electron chi connectivity index (χ2n) is 3.09. The van der Waals surface area contributed by atoms with E-state index < -0.39 is 0 Å². The van der Waals surface area contributed by atoms with Crippen LogP contribution in [-0.2, 0) is 0 Å². The Balaban J connectivity index is 2.68. The minimum Gasteiger partial charge on any atom is -0.346 e. The molecular weight excluding hydrogens is 160 g/mol. The van der Waals surface area contributed by atoms with Crippen LogP contribution in [0.4, 0.5) is 0 Å². The molecule has 2 aromatic rings. The molecular formula is C11H12N2. The van der Waals surface area contributed by atoms with E-state index in [-0.39, 0.29) is 0 Å². The Hall–Kier alpha value is -1.57. The van der Waals surface area contributed by atoms with Gasteiger partial charge in [0.2, 0.25) is 0 Å². The molecule has 0 saturated carbocycles. The zero-order valence-electron chi connectivity index (χ0n) is 7.83. The van der Waals surface area contributed by atoms with Crippen molar-refractivity contribution in [1.82, 2.24) is 9.97 Å². The van der Waals surface area contributed by atoms with Crippen LogP contribution in [0.3, 0.4) is 0 Å². The van der Waals surface area contributed by atoms with Crippen molar-refractivity contribution < 1.29 is 0 Å². The lowest BCUT2D eigenvalue weighted by atomic mass is 10.2. The van der Waals surface area contributed by atoms with Crippen LogP contribution in [-0.4, -0.2) is 9.97 Å². The summed E-state index contributed by atoms with van der Waals surface area (Å²) in [6, 6.07) is 4.13. The third kappa shape index (κ3) is 1.35. The minimum absolute atomic E-state index is 0.966. The second kappa shape index (κ2) is 3.05. The number of fused-ring (bicyclic) bond motifs is 1. The van der Waals surface area contributed by atoms with E-state index in [2.05, 4.69) is 22.1 Å². The van der Waals surface area contributed by atoms with Crippen LogP contribution in [0.5, 0.6) is 0 Å². The topological polar surface area (TPSA) is 28.7 Å². The summed E-state index contributed by atoms with van der Waals surface area (Å²) >= 11 is 0. The largest absolute Gasteiger partial charge is 0.346 e. The summed E-state index contributed by atoms with van der Waals surface area (Å²) in [6.45, 7) is 4.01. The first-order valence-corrected chi connectivity index (χ1v) is 4.38. The summed E-state index contributed by atoms with van der Waals surface area (Å²) in [5.74, 6) is 0. The van der Waals surface area contributed by atoms with Gasteiger partial charge in [0.25, 0.3) is 0 Å². The van der Waals surface area contributed by atoms with Gasteiger partial charge in [-0.1, -0.05) is 12.2 Å². The highest BCUT2D eigenvalue weighted by Gasteiger charge is 2.00. The smallest absolute Gasteiger partial charge is 0.138 e. The van der Waals surface area contributed by atoms with Crippen LogP contribution in [0.2, 0.25) is 0 Å². The fourth-order valence-corrected chi connectivity index (χ4v) is 1.44. The molecule has 0 fully saturated rings. The van der Waals surface area contributed by atoms with Gasteiger partial charge in [-0.3, -0.25) is 0 Å². The third-order valence-electron chi connectivity index (χ3n) is 2.06. The molecule has 66 valence electrons. The molecule has 0 amide bonds. The molecule has 1 N–H and O–H groups in total. The number of aryl methyl sites for hydroxylation is 1. The number of aromatic amines is 1. The maximum absolute atomic E-state index is 4.39. The molecule has 0 unspecified atom stereocenters. The number of nitrogens with one attached hydrogen (secondary N) is 1. The van der Waals surface area contributed by atoms with Gasteiger partial charge in [0, 0.05) is 22.8 Å². The molecule has 0 aliphatic carbocycles. The number of nitrogens with zero attached hydrogens (tertiary/aromatic N) is 1. The fourth-order valence-electron chi connectivity index (χ4n) is 1.44. The van der Waals surface area contributed by atoms with E-state index in [0.717, 1.165) is 11.3 Å². The van der Waals surface area contributed by atoms with Crippen molar-refractivity contribution >= 4 is 17.1 Å². The fraction of sp³-hybridized carbons (Fsp3) is 0.182. The number of hydrogen-bond donors (Lipinski definition) is 1. The summed E-state index contributed by atoms with van der Waals surface area (Å²) in [6.07, 6.45) is 6.09. The van der Waals surface area contributed by atoms with Crippen LogP contribution in [0.1, 0.15) is 18.2 Å². The third-order valence-corrected chi connectivity index (χ3v) is 2.06. The average Bonchev–Trinajstić information content (AvgIpc) is 2.49. The molecule has 0 aliphatic rings. The van der Waals surface area contributed by atoms with E-state index in [1.54, 1.807) is 0 Å². The van der Waals surface area contributed by atoms with Gasteiger partial charge in [0.15, 0.2) is 0 Å². The van der Waals surface area contributed by atoms with Gasteiger partial charge in [-0.05, 0) is 26.0 Å². The SMILES string of the molecule is C/C=C/c1c[nH]c2nc(C)ccc12. The number of pyridine rings is 1. The Morgan fingerprint density at radius 3 is 3.00 bits per heavy atom. The van der Waals surface area contributed by atoms with E-state index in [4.69, 9.17) is 0 Å². The van der Waals surface area contributed by atoms with Crippen molar-refractivity contribution in [2.45, 2.75) is 13.8 Å². The predicted octanol–water partition coefficient (Wildman–Crippen LogP) is 2.90. The van der Waals surface area contributed by atoms with Gasteiger partial charge in [0.1, 0.15) is 5.65 Å². The second-order valence-corrected chi connectivity index (χ2v) is 3.09. The van der Waals surface area contributed by atoms with Gasteiger partial charge in [0.05, 0.1) is 0 Å².